The minimum Gasteiger partial charge on any atom is -0.395 e. The monoisotopic (exact) mass is 261 g/mol. The number of piperidine rings is 1. The third-order valence-corrected chi connectivity index (χ3v) is 4.77. The number of hydrogen-bond donors (Lipinski definition) is 1. The highest BCUT2D eigenvalue weighted by molar-refractivity contribution is 5.33. The number of nitrogens with zero attached hydrogens (tertiary/aromatic N) is 1. The average Bonchev–Trinajstić information content (AvgIpc) is 2.40. The van der Waals surface area contributed by atoms with E-state index < -0.39 is 0 Å². The van der Waals surface area contributed by atoms with Crippen molar-refractivity contribution in [3.63, 3.8) is 0 Å². The summed E-state index contributed by atoms with van der Waals surface area (Å²) in [7, 11) is 2.20. The predicted octanol–water partition coefficient (Wildman–Crippen LogP) is 1.76. The Morgan fingerprint density at radius 2 is 1.84 bits per heavy atom. The molecule has 0 unspecified atom stereocenters. The summed E-state index contributed by atoms with van der Waals surface area (Å²) < 4.78 is 5.28. The van der Waals surface area contributed by atoms with Gasteiger partial charge in [0.05, 0.1) is 25.2 Å². The lowest BCUT2D eigenvalue weighted by Crippen LogP contribution is -2.49. The second-order valence-corrected chi connectivity index (χ2v) is 6.13. The van der Waals surface area contributed by atoms with Crippen LogP contribution in [0.3, 0.4) is 0 Å². The summed E-state index contributed by atoms with van der Waals surface area (Å²) in [6.07, 6.45) is 2.51. The zero-order valence-corrected chi connectivity index (χ0v) is 11.6. The van der Waals surface area contributed by atoms with Gasteiger partial charge in [0.2, 0.25) is 0 Å². The summed E-state index contributed by atoms with van der Waals surface area (Å²) in [5, 5.41) is 9.55. The van der Waals surface area contributed by atoms with Crippen molar-refractivity contribution in [3.05, 3.63) is 35.4 Å². The minimum absolute atomic E-state index is 0.134. The third-order valence-electron chi connectivity index (χ3n) is 4.77. The number of aliphatic hydroxyl groups excluding tert-OH is 1. The van der Waals surface area contributed by atoms with E-state index in [1.165, 1.54) is 37.1 Å². The highest BCUT2D eigenvalue weighted by atomic mass is 16.5. The van der Waals surface area contributed by atoms with Crippen molar-refractivity contribution < 1.29 is 9.84 Å². The molecule has 2 aliphatic heterocycles. The Morgan fingerprint density at radius 3 is 2.32 bits per heavy atom. The molecular weight excluding hydrogens is 238 g/mol. The Bertz CT molecular complexity index is 411. The molecule has 0 amide bonds. The molecule has 1 aromatic carbocycles. The van der Waals surface area contributed by atoms with E-state index in [9.17, 15) is 5.11 Å². The molecule has 2 fully saturated rings. The third kappa shape index (κ3) is 2.42. The van der Waals surface area contributed by atoms with E-state index in [0.29, 0.717) is 19.1 Å². The van der Waals surface area contributed by atoms with E-state index in [4.69, 9.17) is 4.74 Å². The Labute approximate surface area is 115 Å². The molecule has 0 bridgehead atoms. The molecule has 2 heterocycles. The second kappa shape index (κ2) is 5.23. The zero-order valence-electron chi connectivity index (χ0n) is 11.6. The van der Waals surface area contributed by atoms with E-state index in [0.717, 1.165) is 0 Å². The van der Waals surface area contributed by atoms with Gasteiger partial charge in [-0.2, -0.15) is 0 Å². The minimum atomic E-state index is -0.134. The van der Waals surface area contributed by atoms with Crippen LogP contribution in [-0.2, 0) is 10.2 Å². The summed E-state index contributed by atoms with van der Waals surface area (Å²) in [5.41, 5.74) is 2.54. The fourth-order valence-electron chi connectivity index (χ4n) is 3.15. The molecule has 3 nitrogen and oxygen atoms in total. The fraction of sp³-hybridized carbons (Fsp3) is 0.625. The number of benzene rings is 1. The van der Waals surface area contributed by atoms with Crippen molar-refractivity contribution >= 4 is 0 Å². The smallest absolute Gasteiger partial charge is 0.0651 e. The first-order chi connectivity index (χ1) is 9.23. The van der Waals surface area contributed by atoms with Crippen LogP contribution in [0, 0.1) is 0 Å². The lowest BCUT2D eigenvalue weighted by Gasteiger charge is -2.40. The molecule has 1 N–H and O–H groups in total. The highest BCUT2D eigenvalue weighted by Crippen LogP contribution is 2.34. The van der Waals surface area contributed by atoms with Gasteiger partial charge >= 0.3 is 0 Å². The molecule has 0 aliphatic carbocycles. The zero-order chi connectivity index (χ0) is 13.3. The van der Waals surface area contributed by atoms with Crippen LogP contribution < -0.4 is 0 Å². The summed E-state index contributed by atoms with van der Waals surface area (Å²) in [6, 6.07) is 8.88. The molecule has 3 rings (SSSR count). The molecule has 104 valence electrons. The maximum atomic E-state index is 9.55. The Kier molecular flexibility index (Phi) is 3.61. The van der Waals surface area contributed by atoms with Crippen molar-refractivity contribution in [2.45, 2.75) is 24.2 Å². The quantitative estimate of drug-likeness (QED) is 0.900. The van der Waals surface area contributed by atoms with Gasteiger partial charge in [-0.15, -0.1) is 0 Å². The Morgan fingerprint density at radius 1 is 1.21 bits per heavy atom. The van der Waals surface area contributed by atoms with Crippen molar-refractivity contribution in [1.82, 2.24) is 4.90 Å². The van der Waals surface area contributed by atoms with Crippen LogP contribution in [0.5, 0.6) is 0 Å². The summed E-state index contributed by atoms with van der Waals surface area (Å²) in [4.78, 5) is 2.40. The molecule has 0 aromatic heterocycles. The molecule has 0 saturated carbocycles. The molecule has 2 saturated heterocycles. The predicted molar refractivity (Wildman–Crippen MR) is 75.5 cm³/mol. The molecule has 2 aliphatic rings. The van der Waals surface area contributed by atoms with Crippen LogP contribution in [0.15, 0.2) is 24.3 Å². The normalized spacial score (nSPS) is 24.1. The van der Waals surface area contributed by atoms with Crippen LogP contribution in [0.4, 0.5) is 0 Å². The van der Waals surface area contributed by atoms with Crippen molar-refractivity contribution in [3.8, 4) is 0 Å². The molecule has 0 spiro atoms. The van der Waals surface area contributed by atoms with Crippen molar-refractivity contribution in [2.24, 2.45) is 0 Å². The number of rotatable bonds is 3. The Hall–Kier alpha value is -0.900. The van der Waals surface area contributed by atoms with Crippen LogP contribution in [0.25, 0.3) is 0 Å². The first-order valence-corrected chi connectivity index (χ1v) is 7.21. The van der Waals surface area contributed by atoms with Gasteiger partial charge < -0.3 is 14.7 Å². The first kappa shape index (κ1) is 13.1. The summed E-state index contributed by atoms with van der Waals surface area (Å²) in [6.45, 7) is 3.87. The van der Waals surface area contributed by atoms with Gasteiger partial charge in [0, 0.05) is 0 Å². The van der Waals surface area contributed by atoms with Crippen LogP contribution in [-0.4, -0.2) is 50.0 Å². The molecule has 19 heavy (non-hydrogen) atoms. The lowest BCUT2D eigenvalue weighted by atomic mass is 9.78. The van der Waals surface area contributed by atoms with Crippen LogP contribution in [0.2, 0.25) is 0 Å². The number of hydrogen-bond acceptors (Lipinski definition) is 3. The molecule has 0 radical (unpaired) electrons. The summed E-state index contributed by atoms with van der Waals surface area (Å²) >= 11 is 0. The van der Waals surface area contributed by atoms with Crippen LogP contribution >= 0.6 is 0 Å². The van der Waals surface area contributed by atoms with E-state index in [1.807, 2.05) is 0 Å². The van der Waals surface area contributed by atoms with Gasteiger partial charge in [0.25, 0.3) is 0 Å². The standard InChI is InChI=1S/C16H23NO2/c1-17-8-6-14(7-9-17)13-2-4-15(5-3-13)16(10-18)11-19-12-16/h2-5,14,18H,6-12H2,1H3. The molecular formula is C16H23NO2. The van der Waals surface area contributed by atoms with Gasteiger partial charge in [-0.05, 0) is 50.0 Å². The largest absolute Gasteiger partial charge is 0.395 e. The van der Waals surface area contributed by atoms with Gasteiger partial charge in [0.15, 0.2) is 0 Å². The van der Waals surface area contributed by atoms with Crippen molar-refractivity contribution in [1.29, 1.82) is 0 Å². The lowest BCUT2D eigenvalue weighted by molar-refractivity contribution is -0.0841. The molecule has 3 heteroatoms. The van der Waals surface area contributed by atoms with Gasteiger partial charge in [-0.3, -0.25) is 0 Å². The average molecular weight is 261 g/mol. The van der Waals surface area contributed by atoms with Gasteiger partial charge in [0.1, 0.15) is 0 Å². The molecule has 1 aromatic rings. The molecule has 0 atom stereocenters. The number of ether oxygens (including phenoxy) is 1. The highest BCUT2D eigenvalue weighted by Gasteiger charge is 2.39. The topological polar surface area (TPSA) is 32.7 Å². The maximum absolute atomic E-state index is 9.55. The van der Waals surface area contributed by atoms with E-state index in [2.05, 4.69) is 36.2 Å². The second-order valence-electron chi connectivity index (χ2n) is 6.13. The van der Waals surface area contributed by atoms with E-state index in [-0.39, 0.29) is 12.0 Å². The number of aliphatic hydroxyl groups is 1. The SMILES string of the molecule is CN1CCC(c2ccc(C3(CO)COC3)cc2)CC1. The number of likely N-dealkylation sites (tertiary alicyclic amines) is 1. The van der Waals surface area contributed by atoms with Gasteiger partial charge in [-0.25, -0.2) is 0 Å². The summed E-state index contributed by atoms with van der Waals surface area (Å²) in [5.74, 6) is 0.702. The van der Waals surface area contributed by atoms with E-state index >= 15 is 0 Å². The van der Waals surface area contributed by atoms with E-state index in [1.54, 1.807) is 0 Å². The Balaban J connectivity index is 1.72. The van der Waals surface area contributed by atoms with Crippen molar-refractivity contribution in [2.75, 3.05) is 40.0 Å². The van der Waals surface area contributed by atoms with Crippen LogP contribution in [0.1, 0.15) is 29.9 Å². The maximum Gasteiger partial charge on any atom is 0.0651 e. The van der Waals surface area contributed by atoms with Gasteiger partial charge in [-0.1, -0.05) is 24.3 Å². The fourth-order valence-corrected chi connectivity index (χ4v) is 3.15. The first-order valence-electron chi connectivity index (χ1n) is 7.21.